The lowest BCUT2D eigenvalue weighted by atomic mass is 10.3. The van der Waals surface area contributed by atoms with Crippen LogP contribution in [-0.4, -0.2) is 28.8 Å². The zero-order valence-corrected chi connectivity index (χ0v) is 10.1. The van der Waals surface area contributed by atoms with Crippen LogP contribution in [0.5, 0.6) is 0 Å². The fraction of sp³-hybridized carbons (Fsp3) is 0.364. The fourth-order valence-electron chi connectivity index (χ4n) is 1.06. The molecule has 0 saturated carbocycles. The summed E-state index contributed by atoms with van der Waals surface area (Å²) in [6.07, 6.45) is 2.78. The number of benzene rings is 1. The van der Waals surface area contributed by atoms with E-state index in [0.717, 1.165) is 17.0 Å². The predicted octanol–water partition coefficient (Wildman–Crippen LogP) is 2.38. The fourth-order valence-corrected chi connectivity index (χ4v) is 1.85. The first-order valence-corrected chi connectivity index (χ1v) is 5.97. The quantitative estimate of drug-likeness (QED) is 0.723. The highest BCUT2D eigenvalue weighted by molar-refractivity contribution is 7.82. The maximum absolute atomic E-state index is 11.7. The Bertz CT molecular complexity index is 357. The molecule has 1 atom stereocenters. The molecule has 0 bridgehead atoms. The van der Waals surface area contributed by atoms with Crippen molar-refractivity contribution in [1.29, 1.82) is 0 Å². The van der Waals surface area contributed by atoms with Gasteiger partial charge in [-0.05, 0) is 44.8 Å². The SMILES string of the molecule is CCC=Nc1ccc(S(=O)N(C)C)cc1. The molecular formula is C11H16N2OS. The van der Waals surface area contributed by atoms with Gasteiger partial charge in [-0.2, -0.15) is 0 Å². The molecule has 1 rings (SSSR count). The normalized spacial score (nSPS) is 13.6. The van der Waals surface area contributed by atoms with Crippen LogP contribution in [0.4, 0.5) is 5.69 Å². The molecule has 0 aliphatic heterocycles. The minimum atomic E-state index is -1.07. The monoisotopic (exact) mass is 224 g/mol. The van der Waals surface area contributed by atoms with Crippen LogP contribution in [0.15, 0.2) is 34.2 Å². The lowest BCUT2D eigenvalue weighted by molar-refractivity contribution is 0.603. The van der Waals surface area contributed by atoms with Crippen molar-refractivity contribution in [3.8, 4) is 0 Å². The van der Waals surface area contributed by atoms with Gasteiger partial charge >= 0.3 is 0 Å². The van der Waals surface area contributed by atoms with E-state index in [1.54, 1.807) is 18.4 Å². The van der Waals surface area contributed by atoms with Gasteiger partial charge in [0.05, 0.1) is 10.6 Å². The molecule has 82 valence electrons. The largest absolute Gasteiger partial charge is 0.261 e. The van der Waals surface area contributed by atoms with Crippen molar-refractivity contribution in [2.24, 2.45) is 4.99 Å². The Hall–Kier alpha value is -1.00. The van der Waals surface area contributed by atoms with Gasteiger partial charge in [-0.25, -0.2) is 8.51 Å². The highest BCUT2D eigenvalue weighted by atomic mass is 32.2. The molecule has 3 nitrogen and oxygen atoms in total. The highest BCUT2D eigenvalue weighted by Crippen LogP contribution is 2.15. The average Bonchev–Trinajstić information content (AvgIpc) is 2.26. The molecule has 15 heavy (non-hydrogen) atoms. The molecule has 0 spiro atoms. The lowest BCUT2D eigenvalue weighted by Crippen LogP contribution is -2.14. The van der Waals surface area contributed by atoms with Gasteiger partial charge in [-0.1, -0.05) is 6.92 Å². The van der Waals surface area contributed by atoms with Crippen LogP contribution < -0.4 is 0 Å². The Kier molecular flexibility index (Phi) is 4.65. The minimum absolute atomic E-state index is 0.801. The van der Waals surface area contributed by atoms with Gasteiger partial charge in [0.25, 0.3) is 0 Å². The second-order valence-electron chi connectivity index (χ2n) is 3.28. The molecule has 0 aliphatic rings. The number of nitrogens with zero attached hydrogens (tertiary/aromatic N) is 2. The van der Waals surface area contributed by atoms with E-state index in [4.69, 9.17) is 0 Å². The third-order valence-electron chi connectivity index (χ3n) is 1.79. The molecule has 0 saturated heterocycles. The summed E-state index contributed by atoms with van der Waals surface area (Å²) in [6, 6.07) is 7.45. The zero-order chi connectivity index (χ0) is 11.3. The van der Waals surface area contributed by atoms with Crippen molar-refractivity contribution in [1.82, 2.24) is 4.31 Å². The summed E-state index contributed by atoms with van der Waals surface area (Å²) in [5, 5.41) is 0. The molecule has 0 amide bonds. The van der Waals surface area contributed by atoms with E-state index in [9.17, 15) is 4.21 Å². The summed E-state index contributed by atoms with van der Waals surface area (Å²) < 4.78 is 13.3. The van der Waals surface area contributed by atoms with Crippen molar-refractivity contribution in [2.45, 2.75) is 18.2 Å². The van der Waals surface area contributed by atoms with Crippen LogP contribution in [0.1, 0.15) is 13.3 Å². The summed E-state index contributed by atoms with van der Waals surface area (Å²) in [6.45, 7) is 2.04. The summed E-state index contributed by atoms with van der Waals surface area (Å²) in [4.78, 5) is 5.03. The summed E-state index contributed by atoms with van der Waals surface area (Å²) in [7, 11) is 2.51. The second-order valence-corrected chi connectivity index (χ2v) is 4.98. The minimum Gasteiger partial charge on any atom is -0.261 e. The van der Waals surface area contributed by atoms with Gasteiger partial charge in [-0.3, -0.25) is 4.99 Å². The van der Waals surface area contributed by atoms with E-state index in [-0.39, 0.29) is 0 Å². The van der Waals surface area contributed by atoms with E-state index in [1.165, 1.54) is 0 Å². The number of aliphatic imine (C=N–C) groups is 1. The molecule has 4 heteroatoms. The van der Waals surface area contributed by atoms with E-state index in [1.807, 2.05) is 37.4 Å². The van der Waals surface area contributed by atoms with Gasteiger partial charge in [-0.15, -0.1) is 0 Å². The van der Waals surface area contributed by atoms with Crippen LogP contribution >= 0.6 is 0 Å². The molecule has 0 aliphatic carbocycles. The zero-order valence-electron chi connectivity index (χ0n) is 9.30. The van der Waals surface area contributed by atoms with Crippen LogP contribution in [0.25, 0.3) is 0 Å². The predicted molar refractivity (Wildman–Crippen MR) is 65.0 cm³/mol. The van der Waals surface area contributed by atoms with Gasteiger partial charge < -0.3 is 0 Å². The highest BCUT2D eigenvalue weighted by Gasteiger charge is 2.04. The Balaban J connectivity index is 2.81. The van der Waals surface area contributed by atoms with Crippen molar-refractivity contribution < 1.29 is 4.21 Å². The smallest absolute Gasteiger partial charge is 0.127 e. The Morgan fingerprint density at radius 2 is 1.93 bits per heavy atom. The molecule has 1 unspecified atom stereocenters. The van der Waals surface area contributed by atoms with Crippen molar-refractivity contribution in [2.75, 3.05) is 14.1 Å². The van der Waals surface area contributed by atoms with Crippen molar-refractivity contribution in [3.63, 3.8) is 0 Å². The number of rotatable bonds is 4. The van der Waals surface area contributed by atoms with E-state index in [0.29, 0.717) is 0 Å². The van der Waals surface area contributed by atoms with Gasteiger partial charge in [0.2, 0.25) is 0 Å². The van der Waals surface area contributed by atoms with Gasteiger partial charge in [0, 0.05) is 6.21 Å². The first kappa shape index (κ1) is 12.1. The van der Waals surface area contributed by atoms with Crippen molar-refractivity contribution in [3.05, 3.63) is 24.3 Å². The molecule has 0 fully saturated rings. The molecule has 0 heterocycles. The summed E-state index contributed by atoms with van der Waals surface area (Å²) in [5.74, 6) is 0. The standard InChI is InChI=1S/C11H16N2OS/c1-4-9-12-10-5-7-11(8-6-10)15(14)13(2)3/h5-9H,4H2,1-3H3. The molecule has 0 radical (unpaired) electrons. The Morgan fingerprint density at radius 1 is 1.33 bits per heavy atom. The molecular weight excluding hydrogens is 208 g/mol. The number of hydrogen-bond acceptors (Lipinski definition) is 2. The summed E-state index contributed by atoms with van der Waals surface area (Å²) in [5.41, 5.74) is 0.899. The molecule has 0 N–H and O–H groups in total. The Labute approximate surface area is 93.4 Å². The number of hydrogen-bond donors (Lipinski definition) is 0. The maximum atomic E-state index is 11.7. The molecule has 1 aromatic rings. The van der Waals surface area contributed by atoms with Crippen LogP contribution in [0, 0.1) is 0 Å². The second kappa shape index (κ2) is 5.78. The topological polar surface area (TPSA) is 32.7 Å². The van der Waals surface area contributed by atoms with E-state index < -0.39 is 11.0 Å². The Morgan fingerprint density at radius 3 is 2.40 bits per heavy atom. The molecule has 0 aromatic heterocycles. The average molecular weight is 224 g/mol. The lowest BCUT2D eigenvalue weighted by Gasteiger charge is -2.08. The van der Waals surface area contributed by atoms with Crippen LogP contribution in [-0.2, 0) is 11.0 Å². The van der Waals surface area contributed by atoms with E-state index in [2.05, 4.69) is 4.99 Å². The first-order chi connectivity index (χ1) is 7.15. The van der Waals surface area contributed by atoms with Gasteiger partial charge in [0.15, 0.2) is 0 Å². The maximum Gasteiger partial charge on any atom is 0.127 e. The van der Waals surface area contributed by atoms with Crippen LogP contribution in [0.3, 0.4) is 0 Å². The molecule has 1 aromatic carbocycles. The summed E-state index contributed by atoms with van der Waals surface area (Å²) >= 11 is 0. The third kappa shape index (κ3) is 3.57. The van der Waals surface area contributed by atoms with E-state index >= 15 is 0 Å². The third-order valence-corrected chi connectivity index (χ3v) is 3.13. The van der Waals surface area contributed by atoms with Crippen LogP contribution in [0.2, 0.25) is 0 Å². The van der Waals surface area contributed by atoms with Crippen molar-refractivity contribution >= 4 is 22.9 Å². The first-order valence-electron chi connectivity index (χ1n) is 4.87. The van der Waals surface area contributed by atoms with Gasteiger partial charge in [0.1, 0.15) is 11.0 Å².